The van der Waals surface area contributed by atoms with E-state index in [1.807, 2.05) is 18.0 Å². The zero-order chi connectivity index (χ0) is 20.3. The fourth-order valence-electron chi connectivity index (χ4n) is 8.56. The lowest BCUT2D eigenvalue weighted by molar-refractivity contribution is -0.200. The van der Waals surface area contributed by atoms with Gasteiger partial charge in [0.2, 0.25) is 0 Å². The Kier molecular flexibility index (Phi) is 5.15. The van der Waals surface area contributed by atoms with E-state index in [4.69, 9.17) is 4.42 Å². The first-order valence-electron chi connectivity index (χ1n) is 11.9. The van der Waals surface area contributed by atoms with E-state index < -0.39 is 5.60 Å². The molecule has 4 aliphatic rings. The third kappa shape index (κ3) is 2.91. The topological polar surface area (TPSA) is 53.6 Å². The molecule has 4 fully saturated rings. The van der Waals surface area contributed by atoms with Gasteiger partial charge in [-0.25, -0.2) is 0 Å². The Bertz CT molecular complexity index is 720. The van der Waals surface area contributed by atoms with Crippen molar-refractivity contribution in [1.82, 2.24) is 0 Å². The van der Waals surface area contributed by atoms with Crippen LogP contribution in [-0.4, -0.2) is 33.4 Å². The van der Waals surface area contributed by atoms with Crippen LogP contribution in [0.1, 0.15) is 83.1 Å². The maximum Gasteiger partial charge on any atom is 0.0937 e. The molecule has 4 saturated carbocycles. The number of rotatable bonds is 4. The molecule has 3 nitrogen and oxygen atoms in total. The average Bonchev–Trinajstić information content (AvgIpc) is 3.32. The largest absolute Gasteiger partial charge is 0.472 e. The van der Waals surface area contributed by atoms with Crippen molar-refractivity contribution >= 4 is 11.8 Å². The minimum Gasteiger partial charge on any atom is -0.472 e. The smallest absolute Gasteiger partial charge is 0.0937 e. The summed E-state index contributed by atoms with van der Waals surface area (Å²) >= 11 is 1.99. The monoisotopic (exact) mass is 418 g/mol. The predicted octanol–water partition coefficient (Wildman–Crippen LogP) is 5.61. The highest BCUT2D eigenvalue weighted by atomic mass is 32.2. The van der Waals surface area contributed by atoms with Gasteiger partial charge in [-0.05, 0) is 98.5 Å². The molecule has 1 aromatic heterocycles. The van der Waals surface area contributed by atoms with Crippen LogP contribution < -0.4 is 0 Å². The third-order valence-corrected chi connectivity index (χ3v) is 11.5. The molecule has 162 valence electrons. The predicted molar refractivity (Wildman–Crippen MR) is 118 cm³/mol. The summed E-state index contributed by atoms with van der Waals surface area (Å²) in [4.78, 5) is 0. The number of hydrogen-bond acceptors (Lipinski definition) is 4. The van der Waals surface area contributed by atoms with Gasteiger partial charge in [-0.3, -0.25) is 0 Å². The SMILES string of the molecule is C[C@]12CC[C@H](SCCO)C[C@H]1CC[C@@H]1[C@@H]2CC[C@]2(C)[C@@H](c3ccoc3)CC[C@]12O. The van der Waals surface area contributed by atoms with Gasteiger partial charge in [-0.2, -0.15) is 11.8 Å². The zero-order valence-corrected chi connectivity index (χ0v) is 18.9. The summed E-state index contributed by atoms with van der Waals surface area (Å²) in [6, 6.07) is 2.12. The summed E-state index contributed by atoms with van der Waals surface area (Å²) in [5, 5.41) is 22.2. The molecule has 4 heteroatoms. The van der Waals surface area contributed by atoms with E-state index in [0.717, 1.165) is 36.2 Å². The van der Waals surface area contributed by atoms with Gasteiger partial charge in [0.1, 0.15) is 0 Å². The Labute approximate surface area is 180 Å². The molecule has 0 bridgehead atoms. The van der Waals surface area contributed by atoms with Crippen LogP contribution >= 0.6 is 11.8 Å². The van der Waals surface area contributed by atoms with Gasteiger partial charge in [-0.1, -0.05) is 13.8 Å². The van der Waals surface area contributed by atoms with Crippen molar-refractivity contribution in [2.45, 2.75) is 88.4 Å². The molecule has 0 saturated heterocycles. The quantitative estimate of drug-likeness (QED) is 0.667. The Balaban J connectivity index is 1.39. The number of fused-ring (bicyclic) bond motifs is 5. The number of aliphatic hydroxyl groups excluding tert-OH is 1. The molecule has 1 aromatic rings. The van der Waals surface area contributed by atoms with Crippen LogP contribution in [0.3, 0.4) is 0 Å². The summed E-state index contributed by atoms with van der Waals surface area (Å²) in [6.45, 7) is 5.25. The van der Waals surface area contributed by atoms with Gasteiger partial charge in [0.25, 0.3) is 0 Å². The standard InChI is InChI=1S/C25H38O3S/c1-23-9-5-19(29-14-12-26)15-18(23)3-4-22-21(23)6-10-24(2)20(7-11-25(22,24)27)17-8-13-28-16-17/h8,13,16,18-22,26-27H,3-7,9-12,14-15H2,1-2H3/t18-,19+,20-,21+,22-,23+,24-,25+/m1/s1. The van der Waals surface area contributed by atoms with Gasteiger partial charge in [-0.15, -0.1) is 0 Å². The van der Waals surface area contributed by atoms with Gasteiger partial charge < -0.3 is 14.6 Å². The Morgan fingerprint density at radius 2 is 1.93 bits per heavy atom. The second-order valence-electron chi connectivity index (χ2n) is 11.0. The molecule has 29 heavy (non-hydrogen) atoms. The van der Waals surface area contributed by atoms with Crippen molar-refractivity contribution in [3.8, 4) is 0 Å². The summed E-state index contributed by atoms with van der Waals surface area (Å²) in [6.07, 6.45) is 14.6. The lowest BCUT2D eigenvalue weighted by atomic mass is 9.43. The summed E-state index contributed by atoms with van der Waals surface area (Å²) in [5.41, 5.74) is 1.15. The lowest BCUT2D eigenvalue weighted by Gasteiger charge is -2.63. The maximum absolute atomic E-state index is 12.2. The number of hydrogen-bond donors (Lipinski definition) is 2. The van der Waals surface area contributed by atoms with Gasteiger partial charge in [0.15, 0.2) is 0 Å². The maximum atomic E-state index is 12.2. The van der Waals surface area contributed by atoms with E-state index in [9.17, 15) is 10.2 Å². The molecule has 4 aliphatic carbocycles. The molecule has 0 spiro atoms. The first-order chi connectivity index (χ1) is 13.9. The number of aliphatic hydroxyl groups is 2. The Morgan fingerprint density at radius 3 is 2.69 bits per heavy atom. The highest BCUT2D eigenvalue weighted by molar-refractivity contribution is 7.99. The average molecular weight is 419 g/mol. The van der Waals surface area contributed by atoms with Crippen LogP contribution in [0.2, 0.25) is 0 Å². The van der Waals surface area contributed by atoms with E-state index in [-0.39, 0.29) is 5.41 Å². The minimum atomic E-state index is -0.520. The molecule has 2 N–H and O–H groups in total. The van der Waals surface area contributed by atoms with Crippen LogP contribution in [0.4, 0.5) is 0 Å². The third-order valence-electron chi connectivity index (χ3n) is 10.2. The van der Waals surface area contributed by atoms with E-state index in [2.05, 4.69) is 19.9 Å². The molecule has 0 amide bonds. The Hall–Kier alpha value is -0.450. The zero-order valence-electron chi connectivity index (χ0n) is 18.1. The molecule has 5 rings (SSSR count). The first-order valence-corrected chi connectivity index (χ1v) is 12.9. The van der Waals surface area contributed by atoms with Crippen LogP contribution in [0.15, 0.2) is 23.0 Å². The van der Waals surface area contributed by atoms with Crippen LogP contribution in [0, 0.1) is 28.6 Å². The molecule has 1 heterocycles. The van der Waals surface area contributed by atoms with E-state index in [1.54, 1.807) is 6.26 Å². The van der Waals surface area contributed by atoms with E-state index >= 15 is 0 Å². The molecular weight excluding hydrogens is 380 g/mol. The number of thioether (sulfide) groups is 1. The van der Waals surface area contributed by atoms with Crippen molar-refractivity contribution < 1.29 is 14.6 Å². The van der Waals surface area contributed by atoms with Crippen molar-refractivity contribution in [2.24, 2.45) is 28.6 Å². The van der Waals surface area contributed by atoms with Crippen LogP contribution in [0.25, 0.3) is 0 Å². The highest BCUT2D eigenvalue weighted by Crippen LogP contribution is 2.70. The normalized spacial score (nSPS) is 49.3. The van der Waals surface area contributed by atoms with Crippen molar-refractivity contribution in [3.63, 3.8) is 0 Å². The fourth-order valence-corrected chi connectivity index (χ4v) is 9.66. The molecule has 0 unspecified atom stereocenters. The van der Waals surface area contributed by atoms with Gasteiger partial charge in [0.05, 0.1) is 24.7 Å². The van der Waals surface area contributed by atoms with Crippen LogP contribution in [0.5, 0.6) is 0 Å². The van der Waals surface area contributed by atoms with E-state index in [1.165, 1.54) is 44.1 Å². The summed E-state index contributed by atoms with van der Waals surface area (Å²) in [5.74, 6) is 3.25. The molecule has 0 aliphatic heterocycles. The summed E-state index contributed by atoms with van der Waals surface area (Å²) in [7, 11) is 0. The lowest BCUT2D eigenvalue weighted by Crippen LogP contribution is -2.61. The van der Waals surface area contributed by atoms with Gasteiger partial charge in [0, 0.05) is 16.4 Å². The highest BCUT2D eigenvalue weighted by Gasteiger charge is 2.67. The minimum absolute atomic E-state index is 0.0184. The fraction of sp³-hybridized carbons (Fsp3) is 0.840. The summed E-state index contributed by atoms with van der Waals surface area (Å²) < 4.78 is 5.42. The van der Waals surface area contributed by atoms with Gasteiger partial charge >= 0.3 is 0 Å². The van der Waals surface area contributed by atoms with Crippen molar-refractivity contribution in [2.75, 3.05) is 12.4 Å². The molecule has 0 aromatic carbocycles. The van der Waals surface area contributed by atoms with Crippen LogP contribution in [-0.2, 0) is 0 Å². The second kappa shape index (κ2) is 7.31. The molecule has 0 radical (unpaired) electrons. The molecular formula is C25H38O3S. The second-order valence-corrected chi connectivity index (χ2v) is 12.4. The van der Waals surface area contributed by atoms with Crippen molar-refractivity contribution in [1.29, 1.82) is 0 Å². The molecule has 8 atom stereocenters. The first kappa shape index (κ1) is 20.5. The Morgan fingerprint density at radius 1 is 1.07 bits per heavy atom. The van der Waals surface area contributed by atoms with Crippen molar-refractivity contribution in [3.05, 3.63) is 24.2 Å². The number of furan rings is 1. The van der Waals surface area contributed by atoms with E-state index in [0.29, 0.717) is 29.8 Å².